The monoisotopic (exact) mass is 299 g/mol. The molecule has 1 aromatic rings. The molecule has 0 aliphatic heterocycles. The topological polar surface area (TPSA) is 35.6 Å². The molecule has 0 heterocycles. The zero-order valence-corrected chi connectivity index (χ0v) is 12.0. The summed E-state index contributed by atoms with van der Waals surface area (Å²) in [5, 5.41) is 1.61. The lowest BCUT2D eigenvalue weighted by molar-refractivity contribution is -0.127. The lowest BCUT2D eigenvalue weighted by Crippen LogP contribution is -2.39. The van der Waals surface area contributed by atoms with Gasteiger partial charge in [-0.15, -0.1) is 0 Å². The number of hydrazine groups is 1. The molecule has 0 aliphatic carbocycles. The van der Waals surface area contributed by atoms with Crippen molar-refractivity contribution in [2.24, 2.45) is 0 Å². The van der Waals surface area contributed by atoms with Crippen LogP contribution < -0.4 is 5.43 Å². The molecule has 0 unspecified atom stereocenters. The minimum absolute atomic E-state index is 0.00632. The molecule has 1 amide bonds. The Balaban J connectivity index is 2.63. The number of hydrogen-bond acceptors (Lipinski definition) is 3. The first kappa shape index (κ1) is 14.0. The van der Waals surface area contributed by atoms with Crippen LogP contribution >= 0.6 is 15.9 Å². The number of hydrogen-bond donors (Lipinski definition) is 1. The van der Waals surface area contributed by atoms with Gasteiger partial charge in [0.15, 0.2) is 0 Å². The van der Waals surface area contributed by atoms with Gasteiger partial charge in [-0.1, -0.05) is 22.0 Å². The summed E-state index contributed by atoms with van der Waals surface area (Å²) >= 11 is 3.40. The Morgan fingerprint density at radius 2 is 2.06 bits per heavy atom. The predicted molar refractivity (Wildman–Crippen MR) is 73.7 cm³/mol. The Morgan fingerprint density at radius 1 is 1.35 bits per heavy atom. The van der Waals surface area contributed by atoms with Gasteiger partial charge >= 0.3 is 0 Å². The van der Waals surface area contributed by atoms with Crippen molar-refractivity contribution in [3.8, 4) is 0 Å². The van der Waals surface area contributed by atoms with Crippen LogP contribution in [0.1, 0.15) is 6.92 Å². The van der Waals surface area contributed by atoms with E-state index in [1.807, 2.05) is 43.3 Å². The Labute approximate surface area is 111 Å². The molecule has 0 spiro atoms. The van der Waals surface area contributed by atoms with E-state index in [9.17, 15) is 4.79 Å². The maximum atomic E-state index is 11.5. The molecule has 1 aromatic carbocycles. The minimum Gasteiger partial charge on any atom is -0.308 e. The highest BCUT2D eigenvalue weighted by Gasteiger charge is 2.08. The molecule has 0 saturated carbocycles. The first-order valence-electron chi connectivity index (χ1n) is 5.44. The zero-order chi connectivity index (χ0) is 12.8. The molecule has 0 saturated heterocycles. The van der Waals surface area contributed by atoms with Crippen LogP contribution in [-0.4, -0.2) is 43.0 Å². The quantitative estimate of drug-likeness (QED) is 0.847. The molecular formula is C12H18BrN3O. The van der Waals surface area contributed by atoms with Crippen molar-refractivity contribution in [1.29, 1.82) is 0 Å². The SMILES string of the molecule is CC(=O)N(CCN(C)C)Nc1cccc(Br)c1. The lowest BCUT2D eigenvalue weighted by Gasteiger charge is -2.24. The summed E-state index contributed by atoms with van der Waals surface area (Å²) in [7, 11) is 3.97. The van der Waals surface area contributed by atoms with E-state index in [-0.39, 0.29) is 5.91 Å². The first-order chi connectivity index (χ1) is 7.99. The van der Waals surface area contributed by atoms with E-state index in [0.29, 0.717) is 6.54 Å². The van der Waals surface area contributed by atoms with E-state index in [1.54, 1.807) is 11.9 Å². The van der Waals surface area contributed by atoms with Gasteiger partial charge in [-0.2, -0.15) is 0 Å². The van der Waals surface area contributed by atoms with Crippen LogP contribution in [0.5, 0.6) is 0 Å². The Morgan fingerprint density at radius 3 is 2.59 bits per heavy atom. The van der Waals surface area contributed by atoms with E-state index >= 15 is 0 Å². The average molecular weight is 300 g/mol. The standard InChI is InChI=1S/C12H18BrN3O/c1-10(17)16(8-7-15(2)3)14-12-6-4-5-11(13)9-12/h4-6,9,14H,7-8H2,1-3H3. The van der Waals surface area contributed by atoms with E-state index in [4.69, 9.17) is 0 Å². The third kappa shape index (κ3) is 5.19. The van der Waals surface area contributed by atoms with Crippen LogP contribution in [0.15, 0.2) is 28.7 Å². The zero-order valence-electron chi connectivity index (χ0n) is 10.4. The molecule has 0 radical (unpaired) electrons. The van der Waals surface area contributed by atoms with Crippen molar-refractivity contribution in [1.82, 2.24) is 9.91 Å². The molecule has 5 heteroatoms. The van der Waals surface area contributed by atoms with Crippen LogP contribution in [0.4, 0.5) is 5.69 Å². The van der Waals surface area contributed by atoms with Crippen LogP contribution in [0.3, 0.4) is 0 Å². The molecule has 0 fully saturated rings. The number of likely N-dealkylation sites (N-methyl/N-ethyl adjacent to an activating group) is 1. The number of nitrogens with zero attached hydrogens (tertiary/aromatic N) is 2. The van der Waals surface area contributed by atoms with E-state index in [2.05, 4.69) is 21.4 Å². The summed E-state index contributed by atoms with van der Waals surface area (Å²) in [4.78, 5) is 13.5. The highest BCUT2D eigenvalue weighted by atomic mass is 79.9. The van der Waals surface area contributed by atoms with Crippen molar-refractivity contribution in [2.45, 2.75) is 6.92 Å². The molecule has 4 nitrogen and oxygen atoms in total. The second kappa shape index (κ2) is 6.61. The Kier molecular flexibility index (Phi) is 5.44. The average Bonchev–Trinajstić information content (AvgIpc) is 2.23. The molecule has 1 N–H and O–H groups in total. The van der Waals surface area contributed by atoms with Gasteiger partial charge in [-0.3, -0.25) is 15.2 Å². The summed E-state index contributed by atoms with van der Waals surface area (Å²) in [6, 6.07) is 7.74. The Hall–Kier alpha value is -1.07. The van der Waals surface area contributed by atoms with Crippen LogP contribution in [0.2, 0.25) is 0 Å². The normalized spacial score (nSPS) is 10.4. The summed E-state index contributed by atoms with van der Waals surface area (Å²) < 4.78 is 0.985. The predicted octanol–water partition coefficient (Wildman–Crippen LogP) is 2.19. The fourth-order valence-corrected chi connectivity index (χ4v) is 1.71. The number of anilines is 1. The van der Waals surface area contributed by atoms with E-state index in [0.717, 1.165) is 16.7 Å². The number of amides is 1. The fourth-order valence-electron chi connectivity index (χ4n) is 1.31. The third-order valence-corrected chi connectivity index (χ3v) is 2.73. The molecule has 0 aromatic heterocycles. The van der Waals surface area contributed by atoms with Gasteiger partial charge in [-0.05, 0) is 32.3 Å². The molecule has 0 bridgehead atoms. The molecular weight excluding hydrogens is 282 g/mol. The molecule has 94 valence electrons. The molecule has 0 atom stereocenters. The maximum absolute atomic E-state index is 11.5. The number of benzene rings is 1. The van der Waals surface area contributed by atoms with Gasteiger partial charge in [0.2, 0.25) is 5.91 Å². The second-order valence-electron chi connectivity index (χ2n) is 4.10. The molecule has 17 heavy (non-hydrogen) atoms. The van der Waals surface area contributed by atoms with Crippen molar-refractivity contribution in [3.63, 3.8) is 0 Å². The number of carbonyl (C=O) groups is 1. The maximum Gasteiger partial charge on any atom is 0.237 e. The van der Waals surface area contributed by atoms with Gasteiger partial charge < -0.3 is 4.90 Å². The van der Waals surface area contributed by atoms with Crippen molar-refractivity contribution >= 4 is 27.5 Å². The van der Waals surface area contributed by atoms with Crippen LogP contribution in [0, 0.1) is 0 Å². The van der Waals surface area contributed by atoms with Gasteiger partial charge in [-0.25, -0.2) is 0 Å². The first-order valence-corrected chi connectivity index (χ1v) is 6.23. The number of rotatable bonds is 5. The van der Waals surface area contributed by atoms with Crippen LogP contribution in [-0.2, 0) is 4.79 Å². The van der Waals surface area contributed by atoms with Gasteiger partial charge in [0.1, 0.15) is 0 Å². The summed E-state index contributed by atoms with van der Waals surface area (Å²) in [6.45, 7) is 3.02. The van der Waals surface area contributed by atoms with Crippen LogP contribution in [0.25, 0.3) is 0 Å². The number of carbonyl (C=O) groups excluding carboxylic acids is 1. The number of halogens is 1. The Bertz CT molecular complexity index is 382. The van der Waals surface area contributed by atoms with Gasteiger partial charge in [0, 0.05) is 17.9 Å². The summed E-state index contributed by atoms with van der Waals surface area (Å²) in [5.41, 5.74) is 4.00. The summed E-state index contributed by atoms with van der Waals surface area (Å²) in [5.74, 6) is 0.00632. The van der Waals surface area contributed by atoms with E-state index in [1.165, 1.54) is 0 Å². The van der Waals surface area contributed by atoms with Gasteiger partial charge in [0.05, 0.1) is 12.2 Å². The van der Waals surface area contributed by atoms with E-state index < -0.39 is 0 Å². The third-order valence-electron chi connectivity index (χ3n) is 2.24. The smallest absolute Gasteiger partial charge is 0.237 e. The highest BCUT2D eigenvalue weighted by molar-refractivity contribution is 9.10. The van der Waals surface area contributed by atoms with Crippen molar-refractivity contribution in [2.75, 3.05) is 32.6 Å². The molecule has 0 aliphatic rings. The lowest BCUT2D eigenvalue weighted by atomic mass is 10.3. The van der Waals surface area contributed by atoms with Gasteiger partial charge in [0.25, 0.3) is 0 Å². The highest BCUT2D eigenvalue weighted by Crippen LogP contribution is 2.16. The van der Waals surface area contributed by atoms with Crippen molar-refractivity contribution in [3.05, 3.63) is 28.7 Å². The summed E-state index contributed by atoms with van der Waals surface area (Å²) in [6.07, 6.45) is 0. The minimum atomic E-state index is 0.00632. The fraction of sp³-hybridized carbons (Fsp3) is 0.417. The largest absolute Gasteiger partial charge is 0.308 e. The molecule has 1 rings (SSSR count). The van der Waals surface area contributed by atoms with Crippen molar-refractivity contribution < 1.29 is 4.79 Å². The second-order valence-corrected chi connectivity index (χ2v) is 5.01. The number of nitrogens with one attached hydrogen (secondary N) is 1.